The zero-order valence-electron chi connectivity index (χ0n) is 12.1. The van der Waals surface area contributed by atoms with Gasteiger partial charge in [0.25, 0.3) is 0 Å². The van der Waals surface area contributed by atoms with Crippen molar-refractivity contribution in [3.05, 3.63) is 46.2 Å². The smallest absolute Gasteiger partial charge is 0.127 e. The molecule has 0 radical (unpaired) electrons. The van der Waals surface area contributed by atoms with Crippen molar-refractivity contribution in [2.45, 2.75) is 6.04 Å². The highest BCUT2D eigenvalue weighted by atomic mass is 32.1. The predicted octanol–water partition coefficient (Wildman–Crippen LogP) is 2.46. The van der Waals surface area contributed by atoms with Gasteiger partial charge in [0.05, 0.1) is 13.2 Å². The Morgan fingerprint density at radius 1 is 1.29 bits per heavy atom. The Labute approximate surface area is 129 Å². The van der Waals surface area contributed by atoms with E-state index in [9.17, 15) is 5.11 Å². The normalized spacial score (nSPS) is 17.6. The Morgan fingerprint density at radius 3 is 2.76 bits per heavy atom. The summed E-state index contributed by atoms with van der Waals surface area (Å²) in [7, 11) is 1.65. The average Bonchev–Trinajstić information content (AvgIpc) is 3.04. The average molecular weight is 304 g/mol. The minimum absolute atomic E-state index is 0.183. The molecule has 1 aliphatic heterocycles. The van der Waals surface area contributed by atoms with E-state index in [-0.39, 0.29) is 11.8 Å². The number of benzene rings is 1. The second-order valence-electron chi connectivity index (χ2n) is 5.13. The molecular weight excluding hydrogens is 284 g/mol. The van der Waals surface area contributed by atoms with E-state index >= 15 is 0 Å². The largest absolute Gasteiger partial charge is 0.508 e. The van der Waals surface area contributed by atoms with Crippen LogP contribution in [0.1, 0.15) is 16.5 Å². The first-order valence-corrected chi connectivity index (χ1v) is 8.02. The molecule has 2 N–H and O–H groups in total. The maximum Gasteiger partial charge on any atom is 0.127 e. The molecule has 1 saturated heterocycles. The fourth-order valence-corrected chi connectivity index (χ4v) is 3.72. The van der Waals surface area contributed by atoms with Gasteiger partial charge in [-0.2, -0.15) is 0 Å². The van der Waals surface area contributed by atoms with Crippen molar-refractivity contribution < 1.29 is 9.84 Å². The van der Waals surface area contributed by atoms with Crippen LogP contribution in [0.4, 0.5) is 0 Å². The molecule has 1 atom stereocenters. The summed E-state index contributed by atoms with van der Waals surface area (Å²) in [4.78, 5) is 3.78. The van der Waals surface area contributed by atoms with E-state index in [4.69, 9.17) is 4.74 Å². The molecule has 5 heteroatoms. The van der Waals surface area contributed by atoms with Crippen molar-refractivity contribution in [3.63, 3.8) is 0 Å². The summed E-state index contributed by atoms with van der Waals surface area (Å²) in [6.45, 7) is 4.02. The van der Waals surface area contributed by atoms with Crippen LogP contribution in [-0.2, 0) is 0 Å². The van der Waals surface area contributed by atoms with Gasteiger partial charge in [0.1, 0.15) is 11.5 Å². The van der Waals surface area contributed by atoms with Crippen LogP contribution in [0.5, 0.6) is 11.5 Å². The Kier molecular flexibility index (Phi) is 4.43. The predicted molar refractivity (Wildman–Crippen MR) is 85.3 cm³/mol. The van der Waals surface area contributed by atoms with E-state index in [0.29, 0.717) is 0 Å². The molecular formula is C16H20N2O2S. The summed E-state index contributed by atoms with van der Waals surface area (Å²) in [6.07, 6.45) is 0. The van der Waals surface area contributed by atoms with Gasteiger partial charge >= 0.3 is 0 Å². The molecule has 1 aromatic heterocycles. The molecule has 4 nitrogen and oxygen atoms in total. The molecule has 1 aromatic carbocycles. The van der Waals surface area contributed by atoms with Crippen LogP contribution < -0.4 is 10.1 Å². The van der Waals surface area contributed by atoms with Gasteiger partial charge in [0.2, 0.25) is 0 Å². The number of rotatable bonds is 4. The van der Waals surface area contributed by atoms with E-state index in [1.54, 1.807) is 30.6 Å². The van der Waals surface area contributed by atoms with Gasteiger partial charge in [-0.25, -0.2) is 0 Å². The summed E-state index contributed by atoms with van der Waals surface area (Å²) in [5.74, 6) is 0.979. The number of hydrogen-bond acceptors (Lipinski definition) is 5. The topological polar surface area (TPSA) is 44.7 Å². The van der Waals surface area contributed by atoms with Gasteiger partial charge in [-0.05, 0) is 23.6 Å². The van der Waals surface area contributed by atoms with E-state index in [0.717, 1.165) is 37.5 Å². The van der Waals surface area contributed by atoms with Crippen LogP contribution in [0.25, 0.3) is 0 Å². The fourth-order valence-electron chi connectivity index (χ4n) is 2.84. The Balaban J connectivity index is 2.02. The number of ether oxygens (including phenoxy) is 1. The molecule has 3 rings (SSSR count). The van der Waals surface area contributed by atoms with E-state index < -0.39 is 0 Å². The minimum atomic E-state index is 0.183. The molecule has 1 fully saturated rings. The van der Waals surface area contributed by atoms with Crippen LogP contribution in [0.3, 0.4) is 0 Å². The van der Waals surface area contributed by atoms with Gasteiger partial charge in [-0.3, -0.25) is 4.90 Å². The van der Waals surface area contributed by atoms with Gasteiger partial charge in [-0.1, -0.05) is 6.07 Å². The number of phenolic OH excluding ortho intramolecular Hbond substituents is 1. The Bertz CT molecular complexity index is 580. The molecule has 0 spiro atoms. The van der Waals surface area contributed by atoms with Crippen molar-refractivity contribution in [2.24, 2.45) is 0 Å². The molecule has 0 amide bonds. The first kappa shape index (κ1) is 14.4. The van der Waals surface area contributed by atoms with E-state index in [2.05, 4.69) is 27.7 Å². The zero-order chi connectivity index (χ0) is 14.7. The minimum Gasteiger partial charge on any atom is -0.508 e. The number of hydrogen-bond donors (Lipinski definition) is 2. The number of nitrogens with zero attached hydrogens (tertiary/aromatic N) is 1. The lowest BCUT2D eigenvalue weighted by atomic mass is 10.0. The van der Waals surface area contributed by atoms with Crippen molar-refractivity contribution in [2.75, 3.05) is 33.3 Å². The SMILES string of the molecule is COc1cc(O)ccc1[C@H](c1cccs1)N1CCNCC1. The highest BCUT2D eigenvalue weighted by molar-refractivity contribution is 7.10. The first-order valence-electron chi connectivity index (χ1n) is 7.14. The summed E-state index contributed by atoms with van der Waals surface area (Å²) < 4.78 is 5.50. The number of piperazine rings is 1. The van der Waals surface area contributed by atoms with Crippen molar-refractivity contribution in [1.29, 1.82) is 0 Å². The van der Waals surface area contributed by atoms with Gasteiger partial charge in [0, 0.05) is 42.7 Å². The molecule has 0 aliphatic carbocycles. The third-order valence-electron chi connectivity index (χ3n) is 3.84. The van der Waals surface area contributed by atoms with E-state index in [1.165, 1.54) is 4.88 Å². The van der Waals surface area contributed by atoms with E-state index in [1.807, 2.05) is 6.07 Å². The number of nitrogens with one attached hydrogen (secondary N) is 1. The van der Waals surface area contributed by atoms with Gasteiger partial charge < -0.3 is 15.2 Å². The second kappa shape index (κ2) is 6.47. The number of thiophene rings is 1. The summed E-state index contributed by atoms with van der Waals surface area (Å²) in [5.41, 5.74) is 1.11. The third-order valence-corrected chi connectivity index (χ3v) is 4.77. The van der Waals surface area contributed by atoms with Gasteiger partial charge in [0.15, 0.2) is 0 Å². The molecule has 0 saturated carbocycles. The molecule has 112 valence electrons. The highest BCUT2D eigenvalue weighted by Gasteiger charge is 2.27. The van der Waals surface area contributed by atoms with Gasteiger partial charge in [-0.15, -0.1) is 11.3 Å². The zero-order valence-corrected chi connectivity index (χ0v) is 12.9. The number of methoxy groups -OCH3 is 1. The monoisotopic (exact) mass is 304 g/mol. The molecule has 2 aromatic rings. The van der Waals surface area contributed by atoms with Crippen LogP contribution in [0, 0.1) is 0 Å². The first-order chi connectivity index (χ1) is 10.3. The third kappa shape index (κ3) is 3.05. The second-order valence-corrected chi connectivity index (χ2v) is 6.11. The van der Waals surface area contributed by atoms with Crippen molar-refractivity contribution in [3.8, 4) is 11.5 Å². The lowest BCUT2D eigenvalue weighted by Crippen LogP contribution is -2.45. The Morgan fingerprint density at radius 2 is 2.10 bits per heavy atom. The molecule has 0 unspecified atom stereocenters. The molecule has 1 aliphatic rings. The van der Waals surface area contributed by atoms with Crippen LogP contribution >= 0.6 is 11.3 Å². The van der Waals surface area contributed by atoms with Crippen molar-refractivity contribution >= 4 is 11.3 Å². The number of phenols is 1. The van der Waals surface area contributed by atoms with Crippen LogP contribution in [-0.4, -0.2) is 43.3 Å². The summed E-state index contributed by atoms with van der Waals surface area (Å²) >= 11 is 1.76. The standard InChI is InChI=1S/C16H20N2O2S/c1-20-14-11-12(19)4-5-13(14)16(15-3-2-10-21-15)18-8-6-17-7-9-18/h2-5,10-11,16-17,19H,6-9H2,1H3/t16-/m1/s1. The molecule has 2 heterocycles. The molecule has 21 heavy (non-hydrogen) atoms. The maximum atomic E-state index is 9.69. The maximum absolute atomic E-state index is 9.69. The highest BCUT2D eigenvalue weighted by Crippen LogP contribution is 2.38. The number of aromatic hydroxyl groups is 1. The van der Waals surface area contributed by atoms with Crippen LogP contribution in [0.2, 0.25) is 0 Å². The summed E-state index contributed by atoms with van der Waals surface area (Å²) in [6, 6.07) is 9.84. The fraction of sp³-hybridized carbons (Fsp3) is 0.375. The Hall–Kier alpha value is -1.56. The lowest BCUT2D eigenvalue weighted by Gasteiger charge is -2.35. The quantitative estimate of drug-likeness (QED) is 0.911. The van der Waals surface area contributed by atoms with Crippen molar-refractivity contribution in [1.82, 2.24) is 10.2 Å². The molecule has 0 bridgehead atoms. The summed E-state index contributed by atoms with van der Waals surface area (Å²) in [5, 5.41) is 15.2. The lowest BCUT2D eigenvalue weighted by molar-refractivity contribution is 0.197. The van der Waals surface area contributed by atoms with Crippen LogP contribution in [0.15, 0.2) is 35.7 Å².